The number of aliphatic hydroxyl groups is 1. The maximum atomic E-state index is 11.6. The summed E-state index contributed by atoms with van der Waals surface area (Å²) in [5.74, 6) is 0.00746. The molecule has 5 nitrogen and oxygen atoms in total. The van der Waals surface area contributed by atoms with Crippen molar-refractivity contribution < 1.29 is 14.6 Å². The number of aliphatic hydroxyl groups excluding tert-OH is 1. The maximum absolute atomic E-state index is 11.6. The van der Waals surface area contributed by atoms with Gasteiger partial charge in [0.05, 0.1) is 6.20 Å². The Morgan fingerprint density at radius 1 is 1.60 bits per heavy atom. The van der Waals surface area contributed by atoms with Crippen molar-refractivity contribution in [2.45, 2.75) is 33.0 Å². The van der Waals surface area contributed by atoms with E-state index in [1.165, 1.54) is 10.8 Å². The number of carbonyl (C=O) groups is 1. The molecule has 0 spiro atoms. The Hall–Kier alpha value is -1.36. The van der Waals surface area contributed by atoms with E-state index < -0.39 is 11.6 Å². The number of nitrogens with zero attached hydrogens (tertiary/aromatic N) is 2. The number of aromatic nitrogens is 2. The first-order chi connectivity index (χ1) is 6.85. The summed E-state index contributed by atoms with van der Waals surface area (Å²) in [6.45, 7) is 5.20. The molecule has 0 unspecified atom stereocenters. The molecule has 0 aliphatic heterocycles. The Labute approximate surface area is 88.7 Å². The van der Waals surface area contributed by atoms with Gasteiger partial charge in [-0.15, -0.1) is 0 Å². The van der Waals surface area contributed by atoms with Crippen LogP contribution in [-0.2, 0) is 18.4 Å². The van der Waals surface area contributed by atoms with Gasteiger partial charge in [0.25, 0.3) is 0 Å². The summed E-state index contributed by atoms with van der Waals surface area (Å²) < 4.78 is 6.70. The summed E-state index contributed by atoms with van der Waals surface area (Å²) in [5, 5.41) is 8.91. The summed E-state index contributed by atoms with van der Waals surface area (Å²) in [5.41, 5.74) is -0.185. The molecule has 0 fully saturated rings. The van der Waals surface area contributed by atoms with Crippen molar-refractivity contribution in [3.63, 3.8) is 0 Å². The maximum Gasteiger partial charge on any atom is 0.357 e. The second-order valence-corrected chi connectivity index (χ2v) is 4.28. The predicted molar refractivity (Wildman–Crippen MR) is 54.3 cm³/mol. The van der Waals surface area contributed by atoms with Crippen LogP contribution in [0.2, 0.25) is 0 Å². The number of rotatable bonds is 2. The highest BCUT2D eigenvalue weighted by Gasteiger charge is 2.21. The van der Waals surface area contributed by atoms with Crippen LogP contribution < -0.4 is 0 Å². The Balaban J connectivity index is 2.88. The fourth-order valence-electron chi connectivity index (χ4n) is 1.11. The third-order valence-corrected chi connectivity index (χ3v) is 1.83. The second kappa shape index (κ2) is 4.02. The molecule has 0 saturated carbocycles. The van der Waals surface area contributed by atoms with E-state index in [9.17, 15) is 4.79 Å². The average Bonchev–Trinajstić information content (AvgIpc) is 2.43. The Bertz CT molecular complexity index is 363. The van der Waals surface area contributed by atoms with Crippen molar-refractivity contribution in [1.29, 1.82) is 0 Å². The Morgan fingerprint density at radius 3 is 2.60 bits per heavy atom. The van der Waals surface area contributed by atoms with Crippen LogP contribution in [0.4, 0.5) is 0 Å². The van der Waals surface area contributed by atoms with Gasteiger partial charge in [-0.1, -0.05) is 0 Å². The average molecular weight is 212 g/mol. The fourth-order valence-corrected chi connectivity index (χ4v) is 1.11. The van der Waals surface area contributed by atoms with Crippen LogP contribution in [0.5, 0.6) is 0 Å². The lowest BCUT2D eigenvalue weighted by Crippen LogP contribution is -2.25. The van der Waals surface area contributed by atoms with Crippen molar-refractivity contribution >= 4 is 5.97 Å². The standard InChI is InChI=1S/C10H16N2O3/c1-10(2,3)15-9(14)7-5-11-8(6-13)12(7)4/h5,13H,6H2,1-4H3. The number of ether oxygens (including phenoxy) is 1. The molecule has 0 aliphatic rings. The third kappa shape index (κ3) is 2.79. The molecule has 84 valence electrons. The van der Waals surface area contributed by atoms with E-state index in [0.717, 1.165) is 0 Å². The normalized spacial score (nSPS) is 11.5. The van der Waals surface area contributed by atoms with Crippen molar-refractivity contribution in [2.75, 3.05) is 0 Å². The monoisotopic (exact) mass is 212 g/mol. The number of hydrogen-bond acceptors (Lipinski definition) is 4. The highest BCUT2D eigenvalue weighted by Crippen LogP contribution is 2.12. The SMILES string of the molecule is Cn1c(C(=O)OC(C)(C)C)cnc1CO. The number of esters is 1. The molecule has 1 heterocycles. The largest absolute Gasteiger partial charge is 0.455 e. The number of hydrogen-bond donors (Lipinski definition) is 1. The first kappa shape index (κ1) is 11.7. The van der Waals surface area contributed by atoms with E-state index in [4.69, 9.17) is 9.84 Å². The van der Waals surface area contributed by atoms with Crippen LogP contribution in [0, 0.1) is 0 Å². The van der Waals surface area contributed by atoms with Crippen LogP contribution in [-0.4, -0.2) is 26.2 Å². The van der Waals surface area contributed by atoms with Gasteiger partial charge < -0.3 is 14.4 Å². The van der Waals surface area contributed by atoms with Crippen LogP contribution in [0.25, 0.3) is 0 Å². The Morgan fingerprint density at radius 2 is 2.20 bits per heavy atom. The summed E-state index contributed by atoms with van der Waals surface area (Å²) >= 11 is 0. The van der Waals surface area contributed by atoms with Crippen LogP contribution >= 0.6 is 0 Å². The van der Waals surface area contributed by atoms with Crippen LogP contribution in [0.3, 0.4) is 0 Å². The lowest BCUT2D eigenvalue weighted by atomic mass is 10.2. The van der Waals surface area contributed by atoms with Gasteiger partial charge in [-0.05, 0) is 20.8 Å². The quantitative estimate of drug-likeness (QED) is 0.739. The van der Waals surface area contributed by atoms with Crippen molar-refractivity contribution in [3.05, 3.63) is 17.7 Å². The predicted octanol–water partition coefficient (Wildman–Crippen LogP) is 0.868. The third-order valence-electron chi connectivity index (χ3n) is 1.83. The molecule has 1 aromatic rings. The number of carbonyl (C=O) groups excluding carboxylic acids is 1. The second-order valence-electron chi connectivity index (χ2n) is 4.28. The molecule has 0 aliphatic carbocycles. The van der Waals surface area contributed by atoms with Crippen LogP contribution in [0.1, 0.15) is 37.1 Å². The number of imidazole rings is 1. The molecule has 0 atom stereocenters. The molecule has 1 rings (SSSR count). The lowest BCUT2D eigenvalue weighted by Gasteiger charge is -2.19. The molecule has 0 saturated heterocycles. The minimum atomic E-state index is -0.527. The minimum absolute atomic E-state index is 0.195. The molecule has 0 aromatic carbocycles. The minimum Gasteiger partial charge on any atom is -0.455 e. The van der Waals surface area contributed by atoms with Crippen molar-refractivity contribution in [2.24, 2.45) is 7.05 Å². The van der Waals surface area contributed by atoms with Gasteiger partial charge in [-0.3, -0.25) is 0 Å². The molecule has 5 heteroatoms. The molecule has 0 amide bonds. The van der Waals surface area contributed by atoms with Crippen molar-refractivity contribution in [1.82, 2.24) is 9.55 Å². The van der Waals surface area contributed by atoms with E-state index in [2.05, 4.69) is 4.98 Å². The van der Waals surface area contributed by atoms with Crippen molar-refractivity contribution in [3.8, 4) is 0 Å². The topological polar surface area (TPSA) is 64.4 Å². The molecule has 15 heavy (non-hydrogen) atoms. The summed E-state index contributed by atoms with van der Waals surface area (Å²) in [7, 11) is 1.66. The van der Waals surface area contributed by atoms with Gasteiger partial charge in [-0.2, -0.15) is 0 Å². The summed E-state index contributed by atoms with van der Waals surface area (Å²) in [6, 6.07) is 0. The van der Waals surface area contributed by atoms with E-state index in [1.54, 1.807) is 27.8 Å². The van der Waals surface area contributed by atoms with Gasteiger partial charge >= 0.3 is 5.97 Å². The summed E-state index contributed by atoms with van der Waals surface area (Å²) in [4.78, 5) is 15.5. The van der Waals surface area contributed by atoms with E-state index >= 15 is 0 Å². The fraction of sp³-hybridized carbons (Fsp3) is 0.600. The first-order valence-corrected chi connectivity index (χ1v) is 4.70. The van der Waals surface area contributed by atoms with E-state index in [1.807, 2.05) is 0 Å². The zero-order chi connectivity index (χ0) is 11.6. The smallest absolute Gasteiger partial charge is 0.357 e. The molecular weight excluding hydrogens is 196 g/mol. The van der Waals surface area contributed by atoms with Crippen LogP contribution in [0.15, 0.2) is 6.20 Å². The van der Waals surface area contributed by atoms with Gasteiger partial charge in [0.15, 0.2) is 0 Å². The molecule has 1 N–H and O–H groups in total. The zero-order valence-corrected chi connectivity index (χ0v) is 9.44. The molecule has 0 bridgehead atoms. The lowest BCUT2D eigenvalue weighted by molar-refractivity contribution is 0.00584. The van der Waals surface area contributed by atoms with Gasteiger partial charge in [0, 0.05) is 7.05 Å². The molecule has 1 aromatic heterocycles. The Kier molecular flexibility index (Phi) is 3.14. The highest BCUT2D eigenvalue weighted by molar-refractivity contribution is 5.87. The first-order valence-electron chi connectivity index (χ1n) is 4.70. The zero-order valence-electron chi connectivity index (χ0n) is 9.44. The van der Waals surface area contributed by atoms with Gasteiger partial charge in [0.2, 0.25) is 0 Å². The highest BCUT2D eigenvalue weighted by atomic mass is 16.6. The van der Waals surface area contributed by atoms with E-state index in [-0.39, 0.29) is 6.61 Å². The summed E-state index contributed by atoms with van der Waals surface area (Å²) in [6.07, 6.45) is 1.40. The van der Waals surface area contributed by atoms with Gasteiger partial charge in [0.1, 0.15) is 23.7 Å². The molecule has 0 radical (unpaired) electrons. The van der Waals surface area contributed by atoms with Gasteiger partial charge in [-0.25, -0.2) is 9.78 Å². The van der Waals surface area contributed by atoms with E-state index in [0.29, 0.717) is 11.5 Å². The molecular formula is C10H16N2O3.